The topological polar surface area (TPSA) is 64.6 Å². The SMILES string of the molecule is CC(C)CNC(=O)C(C)OC(=O)COc1cc(Cl)c(Cl)cc1Cl. The zero-order valence-electron chi connectivity index (χ0n) is 13.0. The predicted molar refractivity (Wildman–Crippen MR) is 90.4 cm³/mol. The molecular weight excluding hydrogens is 365 g/mol. The molecule has 1 amide bonds. The van der Waals surface area contributed by atoms with Crippen LogP contribution >= 0.6 is 34.8 Å². The highest BCUT2D eigenvalue weighted by molar-refractivity contribution is 6.43. The number of carbonyl (C=O) groups is 2. The number of ether oxygens (including phenoxy) is 2. The summed E-state index contributed by atoms with van der Waals surface area (Å²) < 4.78 is 10.2. The van der Waals surface area contributed by atoms with Crippen molar-refractivity contribution >= 4 is 46.7 Å². The number of halogens is 3. The highest BCUT2D eigenvalue weighted by atomic mass is 35.5. The molecule has 0 saturated carbocycles. The summed E-state index contributed by atoms with van der Waals surface area (Å²) in [6.45, 7) is 5.52. The second-order valence-corrected chi connectivity index (χ2v) is 6.48. The fourth-order valence-electron chi connectivity index (χ4n) is 1.48. The van der Waals surface area contributed by atoms with Gasteiger partial charge in [-0.3, -0.25) is 4.79 Å². The van der Waals surface area contributed by atoms with Crippen molar-refractivity contribution in [2.24, 2.45) is 5.92 Å². The number of hydrogen-bond acceptors (Lipinski definition) is 4. The quantitative estimate of drug-likeness (QED) is 0.576. The molecule has 128 valence electrons. The van der Waals surface area contributed by atoms with Gasteiger partial charge in [0.1, 0.15) is 5.75 Å². The molecule has 0 bridgehead atoms. The molecule has 0 aromatic heterocycles. The van der Waals surface area contributed by atoms with Crippen LogP contribution in [0, 0.1) is 5.92 Å². The molecular formula is C15H18Cl3NO4. The van der Waals surface area contributed by atoms with Crippen LogP contribution in [0.4, 0.5) is 0 Å². The Hall–Kier alpha value is -1.17. The van der Waals surface area contributed by atoms with Gasteiger partial charge < -0.3 is 14.8 Å². The molecule has 5 nitrogen and oxygen atoms in total. The summed E-state index contributed by atoms with van der Waals surface area (Å²) in [7, 11) is 0. The molecule has 0 radical (unpaired) electrons. The van der Waals surface area contributed by atoms with Gasteiger partial charge in [0.2, 0.25) is 0 Å². The number of carbonyl (C=O) groups excluding carboxylic acids is 2. The Labute approximate surface area is 150 Å². The van der Waals surface area contributed by atoms with Crippen molar-refractivity contribution in [3.05, 3.63) is 27.2 Å². The van der Waals surface area contributed by atoms with E-state index in [0.717, 1.165) is 0 Å². The van der Waals surface area contributed by atoms with Crippen LogP contribution in [0.15, 0.2) is 12.1 Å². The smallest absolute Gasteiger partial charge is 0.344 e. The zero-order valence-corrected chi connectivity index (χ0v) is 15.3. The lowest BCUT2D eigenvalue weighted by Crippen LogP contribution is -2.38. The maximum absolute atomic E-state index is 11.7. The van der Waals surface area contributed by atoms with Gasteiger partial charge in [-0.25, -0.2) is 4.79 Å². The van der Waals surface area contributed by atoms with Crippen LogP contribution in [-0.2, 0) is 14.3 Å². The molecule has 0 saturated heterocycles. The lowest BCUT2D eigenvalue weighted by atomic mass is 10.2. The van der Waals surface area contributed by atoms with Crippen molar-refractivity contribution < 1.29 is 19.1 Å². The summed E-state index contributed by atoms with van der Waals surface area (Å²) in [5.41, 5.74) is 0. The van der Waals surface area contributed by atoms with E-state index in [4.69, 9.17) is 44.3 Å². The van der Waals surface area contributed by atoms with Crippen molar-refractivity contribution in [2.75, 3.05) is 13.2 Å². The van der Waals surface area contributed by atoms with Gasteiger partial charge >= 0.3 is 5.97 Å². The first-order valence-corrected chi connectivity index (χ1v) is 8.08. The summed E-state index contributed by atoms with van der Waals surface area (Å²) in [4.78, 5) is 23.4. The Morgan fingerprint density at radius 1 is 1.09 bits per heavy atom. The minimum atomic E-state index is -0.908. The number of nitrogens with one attached hydrogen (secondary N) is 1. The Morgan fingerprint density at radius 2 is 1.70 bits per heavy atom. The van der Waals surface area contributed by atoms with E-state index >= 15 is 0 Å². The van der Waals surface area contributed by atoms with Crippen LogP contribution in [0.25, 0.3) is 0 Å². The maximum Gasteiger partial charge on any atom is 0.344 e. The lowest BCUT2D eigenvalue weighted by molar-refractivity contribution is -0.156. The molecule has 0 aliphatic heterocycles. The van der Waals surface area contributed by atoms with E-state index < -0.39 is 18.7 Å². The molecule has 1 aromatic carbocycles. The van der Waals surface area contributed by atoms with E-state index in [-0.39, 0.29) is 26.7 Å². The van der Waals surface area contributed by atoms with Gasteiger partial charge in [0.25, 0.3) is 5.91 Å². The third-order valence-corrected chi connectivity index (χ3v) is 3.70. The van der Waals surface area contributed by atoms with Crippen LogP contribution in [0.2, 0.25) is 15.1 Å². The van der Waals surface area contributed by atoms with Gasteiger partial charge in [-0.2, -0.15) is 0 Å². The number of hydrogen-bond donors (Lipinski definition) is 1. The normalized spacial score (nSPS) is 12.0. The largest absolute Gasteiger partial charge is 0.480 e. The minimum absolute atomic E-state index is 0.204. The number of amides is 1. The van der Waals surface area contributed by atoms with Gasteiger partial charge in [-0.1, -0.05) is 48.7 Å². The van der Waals surface area contributed by atoms with Crippen LogP contribution in [0.1, 0.15) is 20.8 Å². The van der Waals surface area contributed by atoms with Crippen molar-refractivity contribution in [3.8, 4) is 5.75 Å². The first-order valence-electron chi connectivity index (χ1n) is 6.95. The Morgan fingerprint density at radius 3 is 2.30 bits per heavy atom. The van der Waals surface area contributed by atoms with Crippen molar-refractivity contribution in [3.63, 3.8) is 0 Å². The standard InChI is InChI=1S/C15H18Cl3NO4/c1-8(2)6-19-15(21)9(3)23-14(20)7-22-13-5-11(17)10(16)4-12(13)18/h4-5,8-9H,6-7H2,1-3H3,(H,19,21). The average Bonchev–Trinajstić information content (AvgIpc) is 2.46. The minimum Gasteiger partial charge on any atom is -0.480 e. The summed E-state index contributed by atoms with van der Waals surface area (Å²) in [5.74, 6) is -0.545. The van der Waals surface area contributed by atoms with E-state index in [9.17, 15) is 9.59 Å². The fraction of sp³-hybridized carbons (Fsp3) is 0.467. The Balaban J connectivity index is 2.48. The Bertz CT molecular complexity index is 578. The van der Waals surface area contributed by atoms with E-state index in [1.54, 1.807) is 0 Å². The molecule has 1 unspecified atom stereocenters. The highest BCUT2D eigenvalue weighted by Gasteiger charge is 2.18. The van der Waals surface area contributed by atoms with E-state index in [0.29, 0.717) is 12.5 Å². The van der Waals surface area contributed by atoms with Gasteiger partial charge in [-0.05, 0) is 18.9 Å². The second-order valence-electron chi connectivity index (χ2n) is 5.26. The molecule has 0 aliphatic rings. The Kier molecular flexibility index (Phi) is 7.95. The molecule has 0 aliphatic carbocycles. The summed E-state index contributed by atoms with van der Waals surface area (Å²) >= 11 is 17.6. The second kappa shape index (κ2) is 9.21. The molecule has 0 fully saturated rings. The first-order chi connectivity index (χ1) is 10.7. The third-order valence-electron chi connectivity index (χ3n) is 2.68. The number of esters is 1. The molecule has 23 heavy (non-hydrogen) atoms. The number of benzene rings is 1. The summed E-state index contributed by atoms with van der Waals surface area (Å²) in [6, 6.07) is 2.81. The molecule has 1 N–H and O–H groups in total. The van der Waals surface area contributed by atoms with E-state index in [2.05, 4.69) is 5.32 Å². The molecule has 1 atom stereocenters. The molecule has 8 heteroatoms. The van der Waals surface area contributed by atoms with Crippen molar-refractivity contribution in [2.45, 2.75) is 26.9 Å². The zero-order chi connectivity index (χ0) is 17.6. The van der Waals surface area contributed by atoms with Gasteiger partial charge in [-0.15, -0.1) is 0 Å². The van der Waals surface area contributed by atoms with Crippen molar-refractivity contribution in [1.82, 2.24) is 5.32 Å². The van der Waals surface area contributed by atoms with Crippen LogP contribution in [0.5, 0.6) is 5.75 Å². The molecule has 1 rings (SSSR count). The highest BCUT2D eigenvalue weighted by Crippen LogP contribution is 2.33. The first kappa shape index (κ1) is 19.9. The average molecular weight is 383 g/mol. The predicted octanol–water partition coefficient (Wildman–Crippen LogP) is 3.73. The van der Waals surface area contributed by atoms with Crippen LogP contribution in [0.3, 0.4) is 0 Å². The maximum atomic E-state index is 11.7. The molecule has 1 aromatic rings. The fourth-order valence-corrected chi connectivity index (χ4v) is 2.08. The van der Waals surface area contributed by atoms with Crippen molar-refractivity contribution in [1.29, 1.82) is 0 Å². The monoisotopic (exact) mass is 381 g/mol. The van der Waals surface area contributed by atoms with Gasteiger partial charge in [0, 0.05) is 12.6 Å². The molecule has 0 spiro atoms. The van der Waals surface area contributed by atoms with E-state index in [1.807, 2.05) is 13.8 Å². The third kappa shape index (κ3) is 6.85. The van der Waals surface area contributed by atoms with Crippen LogP contribution in [-0.4, -0.2) is 31.1 Å². The van der Waals surface area contributed by atoms with Gasteiger partial charge in [0.05, 0.1) is 15.1 Å². The van der Waals surface area contributed by atoms with Crippen LogP contribution < -0.4 is 10.1 Å². The summed E-state index contributed by atoms with van der Waals surface area (Å²) in [6.07, 6.45) is -0.908. The van der Waals surface area contributed by atoms with Gasteiger partial charge in [0.15, 0.2) is 12.7 Å². The summed E-state index contributed by atoms with van der Waals surface area (Å²) in [5, 5.41) is 3.42. The van der Waals surface area contributed by atoms with E-state index in [1.165, 1.54) is 19.1 Å². The lowest BCUT2D eigenvalue weighted by Gasteiger charge is -2.15. The number of rotatable bonds is 7. The molecule has 0 heterocycles.